The number of rotatable bonds is 5. The number of fused-ring (bicyclic) bond motifs is 1. The summed E-state index contributed by atoms with van der Waals surface area (Å²) in [6, 6.07) is 12.4. The molecule has 0 unspecified atom stereocenters. The molecular weight excluding hydrogens is 413 g/mol. The molecule has 2 aromatic carbocycles. The average molecular weight is 436 g/mol. The summed E-state index contributed by atoms with van der Waals surface area (Å²) in [5, 5.41) is 5.15. The Morgan fingerprint density at radius 2 is 2.03 bits per heavy atom. The van der Waals surface area contributed by atoms with Crippen LogP contribution in [0.25, 0.3) is 11.3 Å². The Balaban J connectivity index is 1.30. The van der Waals surface area contributed by atoms with Crippen LogP contribution in [0, 0.1) is 11.7 Å². The van der Waals surface area contributed by atoms with Gasteiger partial charge in [0.1, 0.15) is 5.82 Å². The highest BCUT2D eigenvalue weighted by atomic mass is 32.1. The average Bonchev–Trinajstić information content (AvgIpc) is 3.53. The first-order valence-corrected chi connectivity index (χ1v) is 11.4. The van der Waals surface area contributed by atoms with Gasteiger partial charge in [-0.05, 0) is 55.0 Å². The zero-order chi connectivity index (χ0) is 21.4. The molecule has 2 aliphatic rings. The molecule has 0 bridgehead atoms. The highest BCUT2D eigenvalue weighted by Gasteiger charge is 2.35. The van der Waals surface area contributed by atoms with Crippen molar-refractivity contribution in [3.05, 3.63) is 64.8 Å². The molecule has 0 atom stereocenters. The number of aryl methyl sites for hydroxylation is 1. The van der Waals surface area contributed by atoms with Gasteiger partial charge in [-0.25, -0.2) is 9.37 Å². The monoisotopic (exact) mass is 435 g/mol. The second kappa shape index (κ2) is 8.23. The van der Waals surface area contributed by atoms with E-state index < -0.39 is 0 Å². The molecule has 2 heterocycles. The SMILES string of the molecule is O=C(Cc1ccccc1F)Nc1nc(-c2ccc3c(c2)CCCN3C(=O)C2CC2)cs1. The summed E-state index contributed by atoms with van der Waals surface area (Å²) in [7, 11) is 0. The molecule has 2 amide bonds. The second-order valence-corrected chi connectivity index (χ2v) is 8.92. The normalized spacial score (nSPS) is 15.5. The van der Waals surface area contributed by atoms with Crippen LogP contribution in [0.5, 0.6) is 0 Å². The molecule has 1 saturated carbocycles. The predicted octanol–water partition coefficient (Wildman–Crippen LogP) is 4.82. The Morgan fingerprint density at radius 3 is 2.84 bits per heavy atom. The maximum Gasteiger partial charge on any atom is 0.230 e. The van der Waals surface area contributed by atoms with E-state index in [0.29, 0.717) is 10.7 Å². The van der Waals surface area contributed by atoms with Crippen molar-refractivity contribution >= 4 is 34.0 Å². The molecule has 3 aromatic rings. The zero-order valence-electron chi connectivity index (χ0n) is 16.9. The third kappa shape index (κ3) is 4.23. The minimum atomic E-state index is -0.388. The van der Waals surface area contributed by atoms with Crippen molar-refractivity contribution < 1.29 is 14.0 Å². The standard InChI is InChI=1S/C24H22FN3O2S/c25-19-6-2-1-4-16(19)13-22(29)27-24-26-20(14-31-24)17-9-10-21-18(12-17)5-3-11-28(21)23(30)15-7-8-15/h1-2,4,6,9-10,12,14-15H,3,5,7-8,11,13H2,(H,26,27,29). The van der Waals surface area contributed by atoms with Gasteiger partial charge in [0, 0.05) is 29.1 Å². The van der Waals surface area contributed by atoms with Gasteiger partial charge < -0.3 is 10.2 Å². The molecule has 7 heteroatoms. The van der Waals surface area contributed by atoms with Crippen molar-refractivity contribution in [2.75, 3.05) is 16.8 Å². The van der Waals surface area contributed by atoms with Crippen LogP contribution >= 0.6 is 11.3 Å². The lowest BCUT2D eigenvalue weighted by Gasteiger charge is -2.30. The summed E-state index contributed by atoms with van der Waals surface area (Å²) in [6.07, 6.45) is 3.88. The quantitative estimate of drug-likeness (QED) is 0.625. The zero-order valence-corrected chi connectivity index (χ0v) is 17.8. The lowest BCUT2D eigenvalue weighted by atomic mass is 9.98. The number of amides is 2. The van der Waals surface area contributed by atoms with Crippen molar-refractivity contribution in [3.63, 3.8) is 0 Å². The van der Waals surface area contributed by atoms with Crippen LogP contribution in [0.3, 0.4) is 0 Å². The van der Waals surface area contributed by atoms with Crippen LogP contribution in [-0.4, -0.2) is 23.3 Å². The van der Waals surface area contributed by atoms with Gasteiger partial charge in [-0.1, -0.05) is 24.3 Å². The number of nitrogens with zero attached hydrogens (tertiary/aromatic N) is 2. The van der Waals surface area contributed by atoms with Crippen LogP contribution in [0.4, 0.5) is 15.2 Å². The smallest absolute Gasteiger partial charge is 0.230 e. The van der Waals surface area contributed by atoms with Crippen LogP contribution in [0.1, 0.15) is 30.4 Å². The number of halogens is 1. The van der Waals surface area contributed by atoms with E-state index in [0.717, 1.165) is 54.7 Å². The molecule has 1 N–H and O–H groups in total. The van der Waals surface area contributed by atoms with Crippen molar-refractivity contribution in [3.8, 4) is 11.3 Å². The fraction of sp³-hybridized carbons (Fsp3) is 0.292. The molecule has 31 heavy (non-hydrogen) atoms. The fourth-order valence-electron chi connectivity index (χ4n) is 3.98. The molecule has 0 radical (unpaired) electrons. The highest BCUT2D eigenvalue weighted by Crippen LogP contribution is 2.37. The number of hydrogen-bond donors (Lipinski definition) is 1. The summed E-state index contributed by atoms with van der Waals surface area (Å²) in [4.78, 5) is 31.3. The van der Waals surface area contributed by atoms with Gasteiger partial charge >= 0.3 is 0 Å². The number of nitrogens with one attached hydrogen (secondary N) is 1. The Labute approximate surface area is 183 Å². The molecule has 1 aromatic heterocycles. The van der Waals surface area contributed by atoms with Gasteiger partial charge in [-0.15, -0.1) is 11.3 Å². The largest absolute Gasteiger partial charge is 0.312 e. The van der Waals surface area contributed by atoms with E-state index in [2.05, 4.69) is 16.4 Å². The number of benzene rings is 2. The van der Waals surface area contributed by atoms with Crippen molar-refractivity contribution in [2.24, 2.45) is 5.92 Å². The first-order chi connectivity index (χ1) is 15.1. The van der Waals surface area contributed by atoms with Crippen LogP contribution < -0.4 is 10.2 Å². The number of carbonyl (C=O) groups excluding carboxylic acids is 2. The van der Waals surface area contributed by atoms with Crippen molar-refractivity contribution in [2.45, 2.75) is 32.1 Å². The summed E-state index contributed by atoms with van der Waals surface area (Å²) in [5.74, 6) is -0.228. The second-order valence-electron chi connectivity index (χ2n) is 8.07. The molecule has 158 valence electrons. The Hall–Kier alpha value is -3.06. The van der Waals surface area contributed by atoms with E-state index in [4.69, 9.17) is 0 Å². The summed E-state index contributed by atoms with van der Waals surface area (Å²) < 4.78 is 13.8. The Bertz CT molecular complexity index is 1160. The lowest BCUT2D eigenvalue weighted by Crippen LogP contribution is -2.36. The third-order valence-electron chi connectivity index (χ3n) is 5.75. The van der Waals surface area contributed by atoms with Crippen molar-refractivity contribution in [1.82, 2.24) is 4.98 Å². The number of aromatic nitrogens is 1. The minimum Gasteiger partial charge on any atom is -0.312 e. The highest BCUT2D eigenvalue weighted by molar-refractivity contribution is 7.14. The van der Waals surface area contributed by atoms with Crippen LogP contribution in [-0.2, 0) is 22.4 Å². The first kappa shape index (κ1) is 19.9. The molecule has 1 fully saturated rings. The van der Waals surface area contributed by atoms with Gasteiger partial charge in [-0.2, -0.15) is 0 Å². The van der Waals surface area contributed by atoms with E-state index in [9.17, 15) is 14.0 Å². The Kier molecular flexibility index (Phi) is 5.28. The van der Waals surface area contributed by atoms with Crippen molar-refractivity contribution in [1.29, 1.82) is 0 Å². The summed E-state index contributed by atoms with van der Waals surface area (Å²) in [6.45, 7) is 0.788. The topological polar surface area (TPSA) is 62.3 Å². The molecule has 0 spiro atoms. The third-order valence-corrected chi connectivity index (χ3v) is 6.50. The summed E-state index contributed by atoms with van der Waals surface area (Å²) >= 11 is 1.34. The van der Waals surface area contributed by atoms with Crippen LogP contribution in [0.2, 0.25) is 0 Å². The fourth-order valence-corrected chi connectivity index (χ4v) is 4.71. The molecule has 0 saturated heterocycles. The van der Waals surface area contributed by atoms with E-state index in [-0.39, 0.29) is 30.0 Å². The molecule has 1 aliphatic heterocycles. The Morgan fingerprint density at radius 1 is 1.19 bits per heavy atom. The van der Waals surface area contributed by atoms with Crippen LogP contribution in [0.15, 0.2) is 47.8 Å². The lowest BCUT2D eigenvalue weighted by molar-refractivity contribution is -0.120. The molecule has 5 nitrogen and oxygen atoms in total. The first-order valence-electron chi connectivity index (χ1n) is 10.5. The van der Waals surface area contributed by atoms with Gasteiger partial charge in [-0.3, -0.25) is 9.59 Å². The van der Waals surface area contributed by atoms with Gasteiger partial charge in [0.2, 0.25) is 11.8 Å². The number of thiazole rings is 1. The maximum absolute atomic E-state index is 13.8. The van der Waals surface area contributed by atoms with E-state index in [1.807, 2.05) is 22.4 Å². The minimum absolute atomic E-state index is 0.0364. The summed E-state index contributed by atoms with van der Waals surface area (Å²) in [5.41, 5.74) is 4.28. The predicted molar refractivity (Wildman–Crippen MR) is 120 cm³/mol. The molecular formula is C24H22FN3O2S. The number of carbonyl (C=O) groups is 2. The van der Waals surface area contributed by atoms with E-state index >= 15 is 0 Å². The molecule has 1 aliphatic carbocycles. The van der Waals surface area contributed by atoms with E-state index in [1.54, 1.807) is 18.2 Å². The maximum atomic E-state index is 13.8. The number of anilines is 2. The van der Waals surface area contributed by atoms with Gasteiger partial charge in [0.05, 0.1) is 12.1 Å². The number of hydrogen-bond acceptors (Lipinski definition) is 4. The van der Waals surface area contributed by atoms with Gasteiger partial charge in [0.15, 0.2) is 5.13 Å². The van der Waals surface area contributed by atoms with E-state index in [1.165, 1.54) is 17.4 Å². The van der Waals surface area contributed by atoms with Gasteiger partial charge in [0.25, 0.3) is 0 Å². The molecule has 5 rings (SSSR count).